The van der Waals surface area contributed by atoms with Gasteiger partial charge in [-0.15, -0.1) is 6.58 Å². The molecular formula is C10H19NS. The number of hydrogen-bond acceptors (Lipinski definition) is 2. The molecule has 1 N–H and O–H groups in total. The van der Waals surface area contributed by atoms with E-state index < -0.39 is 0 Å². The predicted octanol–water partition coefficient (Wildman–Crippen LogP) is 2.99. The van der Waals surface area contributed by atoms with Gasteiger partial charge in [0.05, 0.1) is 0 Å². The average Bonchev–Trinajstić information content (AvgIpc) is 2.15. The van der Waals surface area contributed by atoms with E-state index in [4.69, 9.17) is 0 Å². The van der Waals surface area contributed by atoms with Crippen molar-refractivity contribution in [1.29, 1.82) is 0 Å². The molecule has 0 radical (unpaired) electrons. The average molecular weight is 185 g/mol. The summed E-state index contributed by atoms with van der Waals surface area (Å²) in [6, 6.07) is 0.756. The highest BCUT2D eigenvalue weighted by Gasteiger charge is 2.18. The van der Waals surface area contributed by atoms with E-state index in [1.165, 1.54) is 31.4 Å². The van der Waals surface area contributed by atoms with Crippen LogP contribution in [0.25, 0.3) is 0 Å². The van der Waals surface area contributed by atoms with E-state index in [1.807, 2.05) is 11.9 Å². The summed E-state index contributed by atoms with van der Waals surface area (Å²) in [5.74, 6) is 1.95. The summed E-state index contributed by atoms with van der Waals surface area (Å²) in [4.78, 5) is 0. The zero-order valence-electron chi connectivity index (χ0n) is 7.88. The fourth-order valence-corrected chi connectivity index (χ4v) is 2.31. The van der Waals surface area contributed by atoms with Gasteiger partial charge >= 0.3 is 0 Å². The summed E-state index contributed by atoms with van der Waals surface area (Å²) in [7, 11) is 0. The number of hydrogen-bond donors (Lipinski definition) is 1. The minimum atomic E-state index is 0.756. The molecule has 0 saturated heterocycles. The van der Waals surface area contributed by atoms with Crippen LogP contribution in [-0.2, 0) is 0 Å². The van der Waals surface area contributed by atoms with Crippen LogP contribution in [-0.4, -0.2) is 11.8 Å². The predicted molar refractivity (Wildman–Crippen MR) is 57.2 cm³/mol. The van der Waals surface area contributed by atoms with Crippen molar-refractivity contribution in [3.8, 4) is 0 Å². The topological polar surface area (TPSA) is 12.0 Å². The quantitative estimate of drug-likeness (QED) is 0.534. The van der Waals surface area contributed by atoms with Gasteiger partial charge in [-0.3, -0.25) is 4.72 Å². The molecule has 70 valence electrons. The van der Waals surface area contributed by atoms with Crippen molar-refractivity contribution in [2.75, 3.05) is 5.75 Å². The van der Waals surface area contributed by atoms with E-state index in [1.54, 1.807) is 0 Å². The fraction of sp³-hybridized carbons (Fsp3) is 0.800. The molecule has 0 atom stereocenters. The Hall–Kier alpha value is 0.0500. The Morgan fingerprint density at radius 1 is 1.42 bits per heavy atom. The Morgan fingerprint density at radius 3 is 2.58 bits per heavy atom. The summed E-state index contributed by atoms with van der Waals surface area (Å²) >= 11 is 1.85. The van der Waals surface area contributed by atoms with E-state index in [9.17, 15) is 0 Å². The van der Waals surface area contributed by atoms with Gasteiger partial charge < -0.3 is 0 Å². The molecule has 0 aromatic rings. The van der Waals surface area contributed by atoms with Crippen LogP contribution in [0.1, 0.15) is 32.6 Å². The molecule has 1 saturated carbocycles. The molecule has 0 spiro atoms. The normalized spacial score (nSPS) is 30.1. The lowest BCUT2D eigenvalue weighted by molar-refractivity contribution is 0.363. The molecule has 0 aliphatic heterocycles. The van der Waals surface area contributed by atoms with E-state index >= 15 is 0 Å². The largest absolute Gasteiger partial charge is 0.261 e. The van der Waals surface area contributed by atoms with Gasteiger partial charge in [-0.25, -0.2) is 0 Å². The second kappa shape index (κ2) is 5.65. The van der Waals surface area contributed by atoms with Crippen molar-refractivity contribution in [3.63, 3.8) is 0 Å². The molecule has 1 nitrogen and oxygen atoms in total. The van der Waals surface area contributed by atoms with E-state index in [2.05, 4.69) is 24.3 Å². The first kappa shape index (κ1) is 10.1. The lowest BCUT2D eigenvalue weighted by atomic mass is 9.87. The summed E-state index contributed by atoms with van der Waals surface area (Å²) in [6.07, 6.45) is 7.41. The molecule has 0 bridgehead atoms. The molecule has 0 amide bonds. The maximum atomic E-state index is 3.85. The van der Waals surface area contributed by atoms with Gasteiger partial charge in [0, 0.05) is 11.8 Å². The SMILES string of the molecule is C=CC1CCC(NSCC)CC1. The third-order valence-electron chi connectivity index (χ3n) is 2.50. The number of allylic oxidation sites excluding steroid dienone is 1. The van der Waals surface area contributed by atoms with Crippen LogP contribution < -0.4 is 4.72 Å². The number of rotatable bonds is 4. The van der Waals surface area contributed by atoms with Crippen molar-refractivity contribution in [3.05, 3.63) is 12.7 Å². The van der Waals surface area contributed by atoms with Crippen molar-refractivity contribution < 1.29 is 0 Å². The van der Waals surface area contributed by atoms with Crippen molar-refractivity contribution in [1.82, 2.24) is 4.72 Å². The zero-order valence-corrected chi connectivity index (χ0v) is 8.70. The van der Waals surface area contributed by atoms with E-state index in [0.29, 0.717) is 0 Å². The lowest BCUT2D eigenvalue weighted by Gasteiger charge is -2.26. The molecule has 1 aliphatic rings. The Morgan fingerprint density at radius 2 is 2.08 bits per heavy atom. The van der Waals surface area contributed by atoms with Crippen molar-refractivity contribution >= 4 is 11.9 Å². The van der Waals surface area contributed by atoms with Gasteiger partial charge in [0.2, 0.25) is 0 Å². The van der Waals surface area contributed by atoms with Gasteiger partial charge in [0.25, 0.3) is 0 Å². The van der Waals surface area contributed by atoms with Crippen LogP contribution >= 0.6 is 11.9 Å². The molecule has 12 heavy (non-hydrogen) atoms. The van der Waals surface area contributed by atoms with Gasteiger partial charge in [-0.05, 0) is 31.6 Å². The van der Waals surface area contributed by atoms with Crippen molar-refractivity contribution in [2.24, 2.45) is 5.92 Å². The summed E-state index contributed by atoms with van der Waals surface area (Å²) < 4.78 is 3.50. The molecule has 0 heterocycles. The second-order valence-electron chi connectivity index (χ2n) is 3.40. The van der Waals surface area contributed by atoms with Gasteiger partial charge in [0.1, 0.15) is 0 Å². The molecular weight excluding hydrogens is 166 g/mol. The summed E-state index contributed by atoms with van der Waals surface area (Å²) in [5.41, 5.74) is 0. The smallest absolute Gasteiger partial charge is 0.0172 e. The molecule has 0 aromatic carbocycles. The standard InChI is InChI=1S/C10H19NS/c1-3-9-5-7-10(8-6-9)11-12-4-2/h3,9-11H,1,4-8H2,2H3. The highest BCUT2D eigenvalue weighted by Crippen LogP contribution is 2.25. The van der Waals surface area contributed by atoms with Crippen LogP contribution in [0.15, 0.2) is 12.7 Å². The van der Waals surface area contributed by atoms with Crippen LogP contribution in [0.3, 0.4) is 0 Å². The van der Waals surface area contributed by atoms with Gasteiger partial charge in [-0.1, -0.05) is 24.9 Å². The first-order valence-corrected chi connectivity index (χ1v) is 5.85. The fourth-order valence-electron chi connectivity index (χ4n) is 1.67. The van der Waals surface area contributed by atoms with Crippen molar-refractivity contribution in [2.45, 2.75) is 38.6 Å². The molecule has 1 rings (SSSR count). The highest BCUT2D eigenvalue weighted by molar-refractivity contribution is 7.97. The first-order chi connectivity index (χ1) is 5.86. The molecule has 1 aliphatic carbocycles. The molecule has 0 unspecified atom stereocenters. The lowest BCUT2D eigenvalue weighted by Crippen LogP contribution is -2.28. The monoisotopic (exact) mass is 185 g/mol. The third kappa shape index (κ3) is 3.20. The van der Waals surface area contributed by atoms with Crippen LogP contribution in [0, 0.1) is 5.92 Å². The van der Waals surface area contributed by atoms with Crippen LogP contribution in [0.4, 0.5) is 0 Å². The van der Waals surface area contributed by atoms with Gasteiger partial charge in [0.15, 0.2) is 0 Å². The van der Waals surface area contributed by atoms with E-state index in [0.717, 1.165) is 12.0 Å². The molecule has 2 heteroatoms. The van der Waals surface area contributed by atoms with Crippen LogP contribution in [0.2, 0.25) is 0 Å². The van der Waals surface area contributed by atoms with E-state index in [-0.39, 0.29) is 0 Å². The molecule has 1 fully saturated rings. The second-order valence-corrected chi connectivity index (χ2v) is 4.50. The minimum absolute atomic E-state index is 0.756. The minimum Gasteiger partial charge on any atom is -0.261 e. The number of nitrogens with one attached hydrogen (secondary N) is 1. The molecule has 0 aromatic heterocycles. The Labute approximate surface area is 80.1 Å². The zero-order chi connectivity index (χ0) is 8.81. The summed E-state index contributed by atoms with van der Waals surface area (Å²) in [5, 5.41) is 0. The summed E-state index contributed by atoms with van der Waals surface area (Å²) in [6.45, 7) is 6.03. The maximum absolute atomic E-state index is 3.85. The third-order valence-corrected chi connectivity index (χ3v) is 3.29. The maximum Gasteiger partial charge on any atom is 0.0172 e. The highest BCUT2D eigenvalue weighted by atomic mass is 32.2. The van der Waals surface area contributed by atoms with Crippen LogP contribution in [0.5, 0.6) is 0 Å². The Balaban J connectivity index is 2.12. The Kier molecular flexibility index (Phi) is 4.77. The Bertz CT molecular complexity index is 128. The first-order valence-electron chi connectivity index (χ1n) is 4.86. The van der Waals surface area contributed by atoms with Gasteiger partial charge in [-0.2, -0.15) is 0 Å².